The van der Waals surface area contributed by atoms with Crippen LogP contribution < -0.4 is 5.32 Å². The van der Waals surface area contributed by atoms with Gasteiger partial charge in [-0.1, -0.05) is 42.5 Å². The molecule has 4 aliphatic rings. The quantitative estimate of drug-likeness (QED) is 0.754. The first-order valence-corrected chi connectivity index (χ1v) is 11.5. The maximum absolute atomic E-state index is 12.6. The van der Waals surface area contributed by atoms with Gasteiger partial charge in [-0.3, -0.25) is 4.79 Å². The Hall–Kier alpha value is -2.59. The van der Waals surface area contributed by atoms with Gasteiger partial charge in [0.15, 0.2) is 0 Å². The molecular formula is C27H33N3O. The van der Waals surface area contributed by atoms with Crippen LogP contribution in [0.5, 0.6) is 0 Å². The SMILES string of the molecule is C/C(=C\C(=O)NC[C@@H]1C[C@@H]2C3C=CC=C4C3C(=CN4C)C[C@H]2N(C)C1)c1ccccc1. The van der Waals surface area contributed by atoms with Crippen molar-refractivity contribution in [3.8, 4) is 0 Å². The van der Waals surface area contributed by atoms with Gasteiger partial charge in [0.05, 0.1) is 0 Å². The molecule has 4 nitrogen and oxygen atoms in total. The van der Waals surface area contributed by atoms with E-state index < -0.39 is 0 Å². The van der Waals surface area contributed by atoms with E-state index in [1.807, 2.05) is 37.3 Å². The van der Waals surface area contributed by atoms with E-state index in [2.05, 4.69) is 53.6 Å². The number of allylic oxidation sites excluding steroid dienone is 5. The highest BCUT2D eigenvalue weighted by Crippen LogP contribution is 2.52. The van der Waals surface area contributed by atoms with Gasteiger partial charge in [-0.2, -0.15) is 0 Å². The molecule has 1 N–H and O–H groups in total. The van der Waals surface area contributed by atoms with E-state index in [4.69, 9.17) is 0 Å². The first-order valence-electron chi connectivity index (χ1n) is 11.5. The number of carbonyl (C=O) groups is 1. The maximum Gasteiger partial charge on any atom is 0.244 e. The summed E-state index contributed by atoms with van der Waals surface area (Å²) in [5.41, 5.74) is 5.16. The Kier molecular flexibility index (Phi) is 5.35. The van der Waals surface area contributed by atoms with E-state index in [-0.39, 0.29) is 5.91 Å². The Morgan fingerprint density at radius 2 is 2.03 bits per heavy atom. The van der Waals surface area contributed by atoms with Crippen molar-refractivity contribution in [2.24, 2.45) is 23.7 Å². The number of rotatable bonds is 4. The average molecular weight is 416 g/mol. The minimum atomic E-state index is 0.0141. The molecule has 5 rings (SSSR count). The number of nitrogens with one attached hydrogen (secondary N) is 1. The zero-order valence-corrected chi connectivity index (χ0v) is 18.8. The lowest BCUT2D eigenvalue weighted by atomic mass is 9.61. The summed E-state index contributed by atoms with van der Waals surface area (Å²) in [6.07, 6.45) is 13.5. The maximum atomic E-state index is 12.6. The summed E-state index contributed by atoms with van der Waals surface area (Å²) in [7, 11) is 4.46. The standard InChI is InChI=1S/C27H33N3O/c1-18(20-8-5-4-6-9-20)12-26(31)28-15-19-13-23-22-10-7-11-24-27(22)21(17-30(24)3)14-25(23)29(2)16-19/h4-12,17,19,22-23,25,27H,13-16H2,1-3H3,(H,28,31)/b18-12+/t19-,22?,23+,25+,27?/m0/s1. The number of carbonyl (C=O) groups excluding carboxylic acids is 1. The zero-order valence-electron chi connectivity index (χ0n) is 18.8. The summed E-state index contributed by atoms with van der Waals surface area (Å²) in [5.74, 6) is 2.30. The van der Waals surface area contributed by atoms with Crippen LogP contribution in [0.3, 0.4) is 0 Å². The number of benzene rings is 1. The molecule has 0 aromatic heterocycles. The molecule has 162 valence electrons. The molecule has 1 amide bonds. The van der Waals surface area contributed by atoms with E-state index in [0.29, 0.717) is 29.7 Å². The molecule has 5 atom stereocenters. The van der Waals surface area contributed by atoms with Crippen LogP contribution in [0.1, 0.15) is 25.3 Å². The van der Waals surface area contributed by atoms with Crippen molar-refractivity contribution in [2.75, 3.05) is 27.2 Å². The van der Waals surface area contributed by atoms with Crippen LogP contribution in [-0.2, 0) is 4.79 Å². The van der Waals surface area contributed by atoms with Crippen molar-refractivity contribution < 1.29 is 4.79 Å². The molecule has 1 aromatic carbocycles. The smallest absolute Gasteiger partial charge is 0.244 e. The third-order valence-corrected chi connectivity index (χ3v) is 7.76. The lowest BCUT2D eigenvalue weighted by Gasteiger charge is -2.51. The van der Waals surface area contributed by atoms with Crippen LogP contribution in [0.25, 0.3) is 5.57 Å². The van der Waals surface area contributed by atoms with Crippen LogP contribution in [0, 0.1) is 23.7 Å². The Labute approximate surface area is 186 Å². The van der Waals surface area contributed by atoms with Gasteiger partial charge in [0, 0.05) is 50.1 Å². The molecule has 0 radical (unpaired) electrons. The first-order chi connectivity index (χ1) is 15.0. The van der Waals surface area contributed by atoms with E-state index in [9.17, 15) is 4.79 Å². The molecule has 1 saturated heterocycles. The van der Waals surface area contributed by atoms with E-state index >= 15 is 0 Å². The van der Waals surface area contributed by atoms with Crippen LogP contribution in [0.2, 0.25) is 0 Å². The van der Waals surface area contributed by atoms with E-state index in [0.717, 1.165) is 24.2 Å². The normalized spacial score (nSPS) is 32.2. The fraction of sp³-hybridized carbons (Fsp3) is 0.444. The van der Waals surface area contributed by atoms with Gasteiger partial charge in [-0.05, 0) is 67.4 Å². The first kappa shape index (κ1) is 20.3. The molecule has 2 heterocycles. The van der Waals surface area contributed by atoms with Gasteiger partial charge < -0.3 is 15.1 Å². The second kappa shape index (κ2) is 8.16. The Morgan fingerprint density at radius 3 is 2.84 bits per heavy atom. The van der Waals surface area contributed by atoms with E-state index in [1.165, 1.54) is 18.5 Å². The monoisotopic (exact) mass is 415 g/mol. The highest BCUT2D eigenvalue weighted by Gasteiger charge is 2.49. The molecule has 31 heavy (non-hydrogen) atoms. The van der Waals surface area contributed by atoms with Crippen LogP contribution in [-0.4, -0.2) is 48.9 Å². The molecule has 1 saturated carbocycles. The summed E-state index contributed by atoms with van der Waals surface area (Å²) in [6, 6.07) is 10.7. The number of hydrogen-bond donors (Lipinski definition) is 1. The lowest BCUT2D eigenvalue weighted by Crippen LogP contribution is -2.54. The van der Waals surface area contributed by atoms with Gasteiger partial charge in [-0.15, -0.1) is 0 Å². The number of hydrogen-bond acceptors (Lipinski definition) is 3. The zero-order chi connectivity index (χ0) is 21.5. The van der Waals surface area contributed by atoms with Gasteiger partial charge in [0.25, 0.3) is 0 Å². The largest absolute Gasteiger partial charge is 0.354 e. The van der Waals surface area contributed by atoms with Crippen molar-refractivity contribution in [1.82, 2.24) is 15.1 Å². The lowest BCUT2D eigenvalue weighted by molar-refractivity contribution is -0.116. The van der Waals surface area contributed by atoms with Crippen LogP contribution in [0.4, 0.5) is 0 Å². The predicted octanol–water partition coefficient (Wildman–Crippen LogP) is 4.06. The molecule has 1 aromatic rings. The molecule has 2 aliphatic carbocycles. The molecule has 2 aliphatic heterocycles. The van der Waals surface area contributed by atoms with Crippen molar-refractivity contribution in [3.63, 3.8) is 0 Å². The number of amides is 1. The molecule has 0 bridgehead atoms. The summed E-state index contributed by atoms with van der Waals surface area (Å²) in [4.78, 5) is 17.4. The van der Waals surface area contributed by atoms with Crippen LogP contribution >= 0.6 is 0 Å². The number of piperidine rings is 1. The minimum Gasteiger partial charge on any atom is -0.354 e. The molecule has 2 fully saturated rings. The average Bonchev–Trinajstić information content (AvgIpc) is 3.10. The van der Waals surface area contributed by atoms with E-state index in [1.54, 1.807) is 11.6 Å². The van der Waals surface area contributed by atoms with Crippen LogP contribution in [0.15, 0.2) is 72.1 Å². The Balaban J connectivity index is 1.24. The second-order valence-corrected chi connectivity index (χ2v) is 9.76. The minimum absolute atomic E-state index is 0.0141. The summed E-state index contributed by atoms with van der Waals surface area (Å²) < 4.78 is 0. The number of likely N-dealkylation sites (tertiary alicyclic amines) is 1. The molecule has 2 unspecified atom stereocenters. The molecule has 4 heteroatoms. The predicted molar refractivity (Wildman–Crippen MR) is 126 cm³/mol. The molecular weight excluding hydrogens is 382 g/mol. The Bertz CT molecular complexity index is 973. The van der Waals surface area contributed by atoms with Crippen molar-refractivity contribution in [3.05, 3.63) is 77.7 Å². The van der Waals surface area contributed by atoms with Gasteiger partial charge in [-0.25, -0.2) is 0 Å². The van der Waals surface area contributed by atoms with Gasteiger partial charge in [0.1, 0.15) is 0 Å². The van der Waals surface area contributed by atoms with Crippen molar-refractivity contribution in [1.29, 1.82) is 0 Å². The third-order valence-electron chi connectivity index (χ3n) is 7.76. The summed E-state index contributed by atoms with van der Waals surface area (Å²) in [5, 5.41) is 3.19. The highest BCUT2D eigenvalue weighted by atomic mass is 16.1. The third kappa shape index (κ3) is 3.78. The topological polar surface area (TPSA) is 35.6 Å². The van der Waals surface area contributed by atoms with Gasteiger partial charge in [0.2, 0.25) is 5.91 Å². The Morgan fingerprint density at radius 1 is 1.23 bits per heavy atom. The van der Waals surface area contributed by atoms with Crippen molar-refractivity contribution in [2.45, 2.75) is 25.8 Å². The highest BCUT2D eigenvalue weighted by molar-refractivity contribution is 5.94. The summed E-state index contributed by atoms with van der Waals surface area (Å²) in [6.45, 7) is 3.80. The fourth-order valence-electron chi connectivity index (χ4n) is 6.31. The molecule has 0 spiro atoms. The van der Waals surface area contributed by atoms with Crippen molar-refractivity contribution >= 4 is 11.5 Å². The van der Waals surface area contributed by atoms with Gasteiger partial charge >= 0.3 is 0 Å². The summed E-state index contributed by atoms with van der Waals surface area (Å²) >= 11 is 0. The number of fused-ring (bicyclic) bond motifs is 2. The fourth-order valence-corrected chi connectivity index (χ4v) is 6.31. The second-order valence-electron chi connectivity index (χ2n) is 9.76. The number of nitrogens with zero attached hydrogens (tertiary/aromatic N) is 2.